The summed E-state index contributed by atoms with van der Waals surface area (Å²) in [5, 5.41) is 3.26. The Bertz CT molecular complexity index is 754. The summed E-state index contributed by atoms with van der Waals surface area (Å²) in [6.45, 7) is 1.68. The third-order valence-electron chi connectivity index (χ3n) is 2.65. The van der Waals surface area contributed by atoms with Crippen LogP contribution < -0.4 is 10.1 Å². The molecule has 0 radical (unpaired) electrons. The predicted octanol–water partition coefficient (Wildman–Crippen LogP) is 2.41. The van der Waals surface area contributed by atoms with Gasteiger partial charge in [0.25, 0.3) is 5.91 Å². The number of benzene rings is 1. The summed E-state index contributed by atoms with van der Waals surface area (Å²) in [6.07, 6.45) is 1.59. The number of aryl methyl sites for hydroxylation is 1. The van der Waals surface area contributed by atoms with E-state index in [4.69, 9.17) is 4.74 Å². The fourth-order valence-corrected chi connectivity index (χ4v) is 2.59. The van der Waals surface area contributed by atoms with Crippen molar-refractivity contribution in [1.82, 2.24) is 15.0 Å². The molecule has 3 rings (SSSR count). The van der Waals surface area contributed by atoms with Crippen LogP contribution in [0.15, 0.2) is 36.5 Å². The Kier molecular flexibility index (Phi) is 3.74. The van der Waals surface area contributed by atoms with Gasteiger partial charge < -0.3 is 4.74 Å². The second kappa shape index (κ2) is 5.84. The van der Waals surface area contributed by atoms with Crippen molar-refractivity contribution < 1.29 is 9.53 Å². The fourth-order valence-electron chi connectivity index (χ4n) is 1.71. The Morgan fingerprint density at radius 2 is 2.14 bits per heavy atom. The largest absolute Gasteiger partial charge is 0.453 e. The first-order valence-corrected chi connectivity index (χ1v) is 7.10. The summed E-state index contributed by atoms with van der Waals surface area (Å²) in [7, 11) is 0. The zero-order chi connectivity index (χ0) is 14.7. The smallest absolute Gasteiger partial charge is 0.317 e. The molecule has 0 aliphatic carbocycles. The molecule has 3 aromatic rings. The van der Waals surface area contributed by atoms with Crippen molar-refractivity contribution in [3.63, 3.8) is 0 Å². The average molecular weight is 300 g/mol. The standard InChI is InChI=1S/C14H12N4O2S/c1-9-6-7-15-13(16-9)20-8-12(19)18-14-17-10-4-2-3-5-11(10)21-14/h2-7H,8H2,1H3,(H,17,18,19). The summed E-state index contributed by atoms with van der Waals surface area (Å²) < 4.78 is 6.26. The molecule has 0 fully saturated rings. The minimum Gasteiger partial charge on any atom is -0.453 e. The normalized spacial score (nSPS) is 10.5. The van der Waals surface area contributed by atoms with Gasteiger partial charge in [0.2, 0.25) is 0 Å². The van der Waals surface area contributed by atoms with Crippen molar-refractivity contribution in [2.24, 2.45) is 0 Å². The molecule has 0 saturated carbocycles. The van der Waals surface area contributed by atoms with E-state index in [9.17, 15) is 4.79 Å². The molecule has 0 unspecified atom stereocenters. The Balaban J connectivity index is 1.61. The number of hydrogen-bond donors (Lipinski definition) is 1. The van der Waals surface area contributed by atoms with Crippen molar-refractivity contribution in [2.75, 3.05) is 11.9 Å². The van der Waals surface area contributed by atoms with E-state index in [-0.39, 0.29) is 18.5 Å². The molecule has 6 nitrogen and oxygen atoms in total. The van der Waals surface area contributed by atoms with Gasteiger partial charge in [0.05, 0.1) is 10.2 Å². The monoisotopic (exact) mass is 300 g/mol. The van der Waals surface area contributed by atoms with Crippen molar-refractivity contribution >= 4 is 32.6 Å². The predicted molar refractivity (Wildman–Crippen MR) is 80.5 cm³/mol. The molecule has 2 heterocycles. The van der Waals surface area contributed by atoms with E-state index < -0.39 is 0 Å². The van der Waals surface area contributed by atoms with Gasteiger partial charge in [-0.05, 0) is 25.1 Å². The number of nitrogens with zero attached hydrogens (tertiary/aromatic N) is 3. The van der Waals surface area contributed by atoms with Crippen LogP contribution in [-0.4, -0.2) is 27.5 Å². The average Bonchev–Trinajstić information content (AvgIpc) is 2.87. The van der Waals surface area contributed by atoms with Crippen LogP contribution in [-0.2, 0) is 4.79 Å². The number of fused-ring (bicyclic) bond motifs is 1. The van der Waals surface area contributed by atoms with E-state index in [1.807, 2.05) is 31.2 Å². The number of aromatic nitrogens is 3. The molecule has 0 atom stereocenters. The van der Waals surface area contributed by atoms with Crippen LogP contribution in [0.25, 0.3) is 10.2 Å². The summed E-state index contributed by atoms with van der Waals surface area (Å²) >= 11 is 1.42. The Hall–Kier alpha value is -2.54. The molecular formula is C14H12N4O2S. The van der Waals surface area contributed by atoms with Crippen molar-refractivity contribution in [3.8, 4) is 6.01 Å². The number of para-hydroxylation sites is 1. The van der Waals surface area contributed by atoms with Gasteiger partial charge in [-0.3, -0.25) is 10.1 Å². The molecule has 1 amide bonds. The van der Waals surface area contributed by atoms with E-state index in [0.29, 0.717) is 5.13 Å². The second-order valence-corrected chi connectivity index (χ2v) is 5.33. The number of thiazole rings is 1. The Labute approximate surface area is 124 Å². The lowest BCUT2D eigenvalue weighted by Gasteiger charge is -2.04. The molecule has 21 heavy (non-hydrogen) atoms. The SMILES string of the molecule is Cc1ccnc(OCC(=O)Nc2nc3ccccc3s2)n1. The Morgan fingerprint density at radius 3 is 2.95 bits per heavy atom. The number of carbonyl (C=O) groups is 1. The van der Waals surface area contributed by atoms with Gasteiger partial charge in [0, 0.05) is 11.9 Å². The molecular weight excluding hydrogens is 288 g/mol. The molecule has 1 aromatic carbocycles. The third-order valence-corrected chi connectivity index (χ3v) is 3.60. The van der Waals surface area contributed by atoms with Gasteiger partial charge in [0.1, 0.15) is 0 Å². The van der Waals surface area contributed by atoms with Crippen molar-refractivity contribution in [2.45, 2.75) is 6.92 Å². The highest BCUT2D eigenvalue weighted by Crippen LogP contribution is 2.25. The molecule has 0 spiro atoms. The first-order chi connectivity index (χ1) is 10.2. The van der Waals surface area contributed by atoms with Crippen molar-refractivity contribution in [3.05, 3.63) is 42.2 Å². The zero-order valence-corrected chi connectivity index (χ0v) is 12.1. The fraction of sp³-hybridized carbons (Fsp3) is 0.143. The summed E-state index contributed by atoms with van der Waals surface area (Å²) in [5.41, 5.74) is 1.65. The summed E-state index contributed by atoms with van der Waals surface area (Å²) in [6, 6.07) is 9.65. The molecule has 7 heteroatoms. The maximum Gasteiger partial charge on any atom is 0.317 e. The van der Waals surface area contributed by atoms with Gasteiger partial charge in [-0.25, -0.2) is 15.0 Å². The number of carbonyl (C=O) groups excluding carboxylic acids is 1. The van der Waals surface area contributed by atoms with Gasteiger partial charge in [0.15, 0.2) is 11.7 Å². The van der Waals surface area contributed by atoms with E-state index in [1.54, 1.807) is 12.3 Å². The molecule has 0 aliphatic heterocycles. The zero-order valence-electron chi connectivity index (χ0n) is 11.2. The molecule has 106 valence electrons. The van der Waals surface area contributed by atoms with Crippen LogP contribution in [0, 0.1) is 6.92 Å². The first kappa shape index (κ1) is 13.4. The number of amides is 1. The number of nitrogens with one attached hydrogen (secondary N) is 1. The lowest BCUT2D eigenvalue weighted by Crippen LogP contribution is -2.20. The highest BCUT2D eigenvalue weighted by Gasteiger charge is 2.09. The van der Waals surface area contributed by atoms with E-state index in [1.165, 1.54) is 11.3 Å². The van der Waals surface area contributed by atoms with Crippen LogP contribution in [0.1, 0.15) is 5.69 Å². The van der Waals surface area contributed by atoms with Crippen LogP contribution >= 0.6 is 11.3 Å². The van der Waals surface area contributed by atoms with Gasteiger partial charge in [-0.15, -0.1) is 0 Å². The minimum atomic E-state index is -0.292. The number of anilines is 1. The van der Waals surface area contributed by atoms with Crippen LogP contribution in [0.4, 0.5) is 5.13 Å². The van der Waals surface area contributed by atoms with Gasteiger partial charge in [-0.1, -0.05) is 23.5 Å². The summed E-state index contributed by atoms with van der Waals surface area (Å²) in [5.74, 6) is -0.292. The van der Waals surface area contributed by atoms with Gasteiger partial charge in [-0.2, -0.15) is 0 Å². The Morgan fingerprint density at radius 1 is 1.29 bits per heavy atom. The number of ether oxygens (including phenoxy) is 1. The molecule has 2 aromatic heterocycles. The van der Waals surface area contributed by atoms with E-state index in [2.05, 4.69) is 20.3 Å². The van der Waals surface area contributed by atoms with Crippen LogP contribution in [0.3, 0.4) is 0 Å². The number of rotatable bonds is 4. The molecule has 1 N–H and O–H groups in total. The highest BCUT2D eigenvalue weighted by molar-refractivity contribution is 7.22. The highest BCUT2D eigenvalue weighted by atomic mass is 32.1. The second-order valence-electron chi connectivity index (χ2n) is 4.30. The lowest BCUT2D eigenvalue weighted by atomic mass is 10.3. The lowest BCUT2D eigenvalue weighted by molar-refractivity contribution is -0.118. The summed E-state index contributed by atoms with van der Waals surface area (Å²) in [4.78, 5) is 24.1. The quantitative estimate of drug-likeness (QED) is 0.800. The van der Waals surface area contributed by atoms with E-state index in [0.717, 1.165) is 15.9 Å². The topological polar surface area (TPSA) is 77.0 Å². The molecule has 0 bridgehead atoms. The maximum atomic E-state index is 11.8. The van der Waals surface area contributed by atoms with E-state index >= 15 is 0 Å². The van der Waals surface area contributed by atoms with Crippen LogP contribution in [0.5, 0.6) is 6.01 Å². The molecule has 0 aliphatic rings. The maximum absolute atomic E-state index is 11.8. The molecule has 0 saturated heterocycles. The van der Waals surface area contributed by atoms with Crippen molar-refractivity contribution in [1.29, 1.82) is 0 Å². The number of hydrogen-bond acceptors (Lipinski definition) is 6. The first-order valence-electron chi connectivity index (χ1n) is 6.28. The van der Waals surface area contributed by atoms with Gasteiger partial charge >= 0.3 is 6.01 Å². The minimum absolute atomic E-state index is 0.153. The van der Waals surface area contributed by atoms with Crippen LogP contribution in [0.2, 0.25) is 0 Å². The third kappa shape index (κ3) is 3.32.